The van der Waals surface area contributed by atoms with Crippen molar-refractivity contribution >= 4 is 8.32 Å². The van der Waals surface area contributed by atoms with E-state index in [0.29, 0.717) is 11.6 Å². The average molecular weight is 437 g/mol. The monoisotopic (exact) mass is 436 g/mol. The lowest BCUT2D eigenvalue weighted by Gasteiger charge is -2.49. The van der Waals surface area contributed by atoms with Crippen LogP contribution in [0.25, 0.3) is 0 Å². The predicted octanol–water partition coefficient (Wildman–Crippen LogP) is 5.93. The Morgan fingerprint density at radius 2 is 1.45 bits per heavy atom. The van der Waals surface area contributed by atoms with Crippen LogP contribution in [0, 0.1) is 0 Å². The fraction of sp³-hybridized carbons (Fsp3) is 0.556. The van der Waals surface area contributed by atoms with Crippen molar-refractivity contribution < 1.29 is 4.43 Å². The molecular formula is C27H40N2OSi. The second-order valence-corrected chi connectivity index (χ2v) is 16.0. The molecule has 168 valence electrons. The first-order valence-corrected chi connectivity index (χ1v) is 14.8. The molecule has 3 nitrogen and oxygen atoms in total. The largest absolute Gasteiger partial charge is 0.415 e. The number of nitrogens with zero attached hydrogens (tertiary/aromatic N) is 2. The summed E-state index contributed by atoms with van der Waals surface area (Å²) in [6.45, 7) is 16.9. The normalized spacial score (nSPS) is 22.0. The first-order valence-electron chi connectivity index (χ1n) is 11.9. The summed E-state index contributed by atoms with van der Waals surface area (Å²) >= 11 is 0. The number of benzene rings is 2. The fourth-order valence-corrected chi connectivity index (χ4v) is 5.69. The van der Waals surface area contributed by atoms with Crippen LogP contribution in [-0.2, 0) is 17.5 Å². The summed E-state index contributed by atoms with van der Waals surface area (Å²) in [7, 11) is -1.78. The lowest BCUT2D eigenvalue weighted by Crippen LogP contribution is -2.61. The molecule has 1 saturated heterocycles. The molecule has 2 fully saturated rings. The van der Waals surface area contributed by atoms with Crippen molar-refractivity contribution in [3.05, 3.63) is 71.8 Å². The van der Waals surface area contributed by atoms with Gasteiger partial charge in [-0.1, -0.05) is 81.4 Å². The highest BCUT2D eigenvalue weighted by molar-refractivity contribution is 6.74. The second kappa shape index (κ2) is 8.82. The Morgan fingerprint density at radius 3 is 1.97 bits per heavy atom. The minimum Gasteiger partial charge on any atom is -0.415 e. The molecule has 0 aromatic heterocycles. The summed E-state index contributed by atoms with van der Waals surface area (Å²) in [5, 5.41) is 0.243. The lowest BCUT2D eigenvalue weighted by atomic mass is 10.0. The standard InChI is InChI=1S/C27H40N2OSi/c1-26(2,3)31(4,5)30-21-25-20-28(18-23-12-8-6-9-13-23)22-27(16-17-27)29(25)19-24-14-10-7-11-15-24/h6-15,25H,16-22H2,1-5H3/t25-/m1/s1. The first-order chi connectivity index (χ1) is 14.7. The van der Waals surface area contributed by atoms with Crippen molar-refractivity contribution in [3.8, 4) is 0 Å². The van der Waals surface area contributed by atoms with Gasteiger partial charge in [0.15, 0.2) is 8.32 Å². The maximum Gasteiger partial charge on any atom is 0.192 e. The average Bonchev–Trinajstić information content (AvgIpc) is 3.49. The molecule has 2 aromatic rings. The van der Waals surface area contributed by atoms with Crippen molar-refractivity contribution in [2.75, 3.05) is 19.7 Å². The van der Waals surface area contributed by atoms with Crippen LogP contribution in [0.15, 0.2) is 60.7 Å². The third-order valence-electron chi connectivity index (χ3n) is 7.75. The van der Waals surface area contributed by atoms with Gasteiger partial charge in [-0.15, -0.1) is 0 Å². The molecule has 1 atom stereocenters. The quantitative estimate of drug-likeness (QED) is 0.501. The van der Waals surface area contributed by atoms with Crippen LogP contribution in [0.5, 0.6) is 0 Å². The van der Waals surface area contributed by atoms with Crippen LogP contribution in [0.4, 0.5) is 0 Å². The van der Waals surface area contributed by atoms with E-state index in [-0.39, 0.29) is 5.04 Å². The van der Waals surface area contributed by atoms with Crippen molar-refractivity contribution in [1.29, 1.82) is 0 Å². The summed E-state index contributed by atoms with van der Waals surface area (Å²) in [5.41, 5.74) is 3.16. The summed E-state index contributed by atoms with van der Waals surface area (Å²) in [6, 6.07) is 22.4. The second-order valence-electron chi connectivity index (χ2n) is 11.2. The van der Waals surface area contributed by atoms with Gasteiger partial charge in [0, 0.05) is 37.8 Å². The van der Waals surface area contributed by atoms with E-state index in [9.17, 15) is 0 Å². The molecule has 0 amide bonds. The van der Waals surface area contributed by atoms with E-state index in [2.05, 4.69) is 104 Å². The van der Waals surface area contributed by atoms with Gasteiger partial charge in [-0.25, -0.2) is 0 Å². The van der Waals surface area contributed by atoms with Crippen molar-refractivity contribution in [3.63, 3.8) is 0 Å². The molecule has 1 aliphatic carbocycles. The lowest BCUT2D eigenvalue weighted by molar-refractivity contribution is -0.0210. The van der Waals surface area contributed by atoms with Gasteiger partial charge in [0.05, 0.1) is 6.61 Å². The van der Waals surface area contributed by atoms with E-state index in [1.165, 1.54) is 30.5 Å². The number of piperazine rings is 1. The number of hydrogen-bond donors (Lipinski definition) is 0. The van der Waals surface area contributed by atoms with E-state index in [4.69, 9.17) is 4.43 Å². The predicted molar refractivity (Wildman–Crippen MR) is 133 cm³/mol. The zero-order chi connectivity index (χ0) is 22.1. The van der Waals surface area contributed by atoms with Gasteiger partial charge in [0.25, 0.3) is 0 Å². The molecule has 1 spiro atoms. The maximum atomic E-state index is 6.79. The Labute approximate surface area is 190 Å². The van der Waals surface area contributed by atoms with Crippen LogP contribution in [0.3, 0.4) is 0 Å². The molecule has 2 aliphatic rings. The van der Waals surface area contributed by atoms with Gasteiger partial charge < -0.3 is 4.43 Å². The van der Waals surface area contributed by atoms with E-state index in [1.807, 2.05) is 0 Å². The third-order valence-corrected chi connectivity index (χ3v) is 12.3. The maximum absolute atomic E-state index is 6.79. The van der Waals surface area contributed by atoms with E-state index < -0.39 is 8.32 Å². The summed E-state index contributed by atoms with van der Waals surface area (Å²) in [5.74, 6) is 0. The van der Waals surface area contributed by atoms with Crippen molar-refractivity contribution in [2.24, 2.45) is 0 Å². The van der Waals surface area contributed by atoms with Gasteiger partial charge in [0.1, 0.15) is 0 Å². The molecular weight excluding hydrogens is 396 g/mol. The zero-order valence-corrected chi connectivity index (χ0v) is 21.1. The molecule has 2 aromatic carbocycles. The SMILES string of the molecule is CC(C)(C)[Si](C)(C)OC[C@H]1CN(Cc2ccccc2)CC2(CC2)N1Cc1ccccc1. The Balaban J connectivity index is 1.54. The highest BCUT2D eigenvalue weighted by Crippen LogP contribution is 2.47. The van der Waals surface area contributed by atoms with E-state index >= 15 is 0 Å². The first kappa shape index (κ1) is 22.7. The highest BCUT2D eigenvalue weighted by Gasteiger charge is 2.54. The molecule has 0 N–H and O–H groups in total. The van der Waals surface area contributed by atoms with Crippen LogP contribution >= 0.6 is 0 Å². The van der Waals surface area contributed by atoms with Crippen LogP contribution in [0.1, 0.15) is 44.7 Å². The van der Waals surface area contributed by atoms with Gasteiger partial charge in [-0.2, -0.15) is 0 Å². The zero-order valence-electron chi connectivity index (χ0n) is 20.1. The summed E-state index contributed by atoms with van der Waals surface area (Å²) in [6.07, 6.45) is 2.61. The Kier molecular flexibility index (Phi) is 6.46. The molecule has 0 bridgehead atoms. The Morgan fingerprint density at radius 1 is 0.903 bits per heavy atom. The van der Waals surface area contributed by atoms with Gasteiger partial charge in [-0.3, -0.25) is 9.80 Å². The van der Waals surface area contributed by atoms with Crippen LogP contribution in [0.2, 0.25) is 18.1 Å². The fourth-order valence-electron chi connectivity index (χ4n) is 4.65. The highest BCUT2D eigenvalue weighted by atomic mass is 28.4. The molecule has 0 radical (unpaired) electrons. The topological polar surface area (TPSA) is 15.7 Å². The molecule has 4 heteroatoms. The molecule has 1 aliphatic heterocycles. The Bertz CT molecular complexity index is 843. The molecule has 1 saturated carbocycles. The summed E-state index contributed by atoms with van der Waals surface area (Å²) < 4.78 is 6.79. The minimum atomic E-state index is -1.78. The molecule has 31 heavy (non-hydrogen) atoms. The van der Waals surface area contributed by atoms with Crippen molar-refractivity contribution in [2.45, 2.75) is 76.4 Å². The van der Waals surface area contributed by atoms with Crippen molar-refractivity contribution in [1.82, 2.24) is 9.80 Å². The third kappa shape index (κ3) is 5.31. The van der Waals surface area contributed by atoms with Gasteiger partial charge in [-0.05, 0) is 42.1 Å². The molecule has 1 heterocycles. The number of rotatable bonds is 7. The number of hydrogen-bond acceptors (Lipinski definition) is 3. The van der Waals surface area contributed by atoms with Gasteiger partial charge in [0.2, 0.25) is 0 Å². The molecule has 4 rings (SSSR count). The summed E-state index contributed by atoms with van der Waals surface area (Å²) in [4.78, 5) is 5.49. The smallest absolute Gasteiger partial charge is 0.192 e. The van der Waals surface area contributed by atoms with E-state index in [0.717, 1.165) is 26.2 Å². The van der Waals surface area contributed by atoms with Gasteiger partial charge >= 0.3 is 0 Å². The minimum absolute atomic E-state index is 0.243. The Hall–Kier alpha value is -1.46. The molecule has 0 unspecified atom stereocenters. The van der Waals surface area contributed by atoms with Crippen LogP contribution in [-0.4, -0.2) is 49.4 Å². The van der Waals surface area contributed by atoms with E-state index in [1.54, 1.807) is 0 Å². The van der Waals surface area contributed by atoms with Crippen LogP contribution < -0.4 is 0 Å².